The van der Waals surface area contributed by atoms with Gasteiger partial charge in [0.1, 0.15) is 36.6 Å². The minimum Gasteiger partial charge on any atom is -0.475 e. The highest BCUT2D eigenvalue weighted by Crippen LogP contribution is 2.32. The van der Waals surface area contributed by atoms with Gasteiger partial charge in [0.25, 0.3) is 0 Å². The van der Waals surface area contributed by atoms with Crippen molar-refractivity contribution in [2.45, 2.75) is 150 Å². The Morgan fingerprint density at radius 2 is 0.728 bits per heavy atom. The van der Waals surface area contributed by atoms with Gasteiger partial charge in [-0.1, -0.05) is 127 Å². The molecule has 10 atom stereocenters. The fourth-order valence-corrected chi connectivity index (χ4v) is 9.62. The molecule has 92 heavy (non-hydrogen) atoms. The van der Waals surface area contributed by atoms with E-state index in [9.17, 15) is 57.8 Å². The van der Waals surface area contributed by atoms with Crippen LogP contribution in [0.4, 0.5) is 52.7 Å². The van der Waals surface area contributed by atoms with Gasteiger partial charge < -0.3 is 72.2 Å². The van der Waals surface area contributed by atoms with Crippen LogP contribution in [0.1, 0.15) is 61.6 Å². The van der Waals surface area contributed by atoms with Gasteiger partial charge in [0.05, 0.1) is 6.04 Å². The molecular formula is C62H72F12N4O14. The highest BCUT2D eigenvalue weighted by Gasteiger charge is 2.50. The molecule has 2 fully saturated rings. The molecule has 0 spiro atoms. The molecule has 0 aromatic heterocycles. The Kier molecular flexibility index (Phi) is 30.4. The van der Waals surface area contributed by atoms with Gasteiger partial charge in [-0.3, -0.25) is 0 Å². The van der Waals surface area contributed by atoms with Crippen LogP contribution in [0.25, 0.3) is 32.3 Å². The summed E-state index contributed by atoms with van der Waals surface area (Å²) in [5, 5.41) is 47.7. The second-order valence-corrected chi connectivity index (χ2v) is 21.1. The number of hydrogen-bond donors (Lipinski definition) is 9. The molecule has 508 valence electrons. The predicted molar refractivity (Wildman–Crippen MR) is 312 cm³/mol. The van der Waals surface area contributed by atoms with E-state index in [1.165, 1.54) is 49.0 Å². The minimum atomic E-state index is -5.08. The molecule has 2 aliphatic rings. The SMILES string of the molecule is NC[C@H]1O[C@H](O[C@H]2[C@H](O)[C@@H](OCCCCc3ccc4ccccc4c3)[C@H](N)C[C@@H]2N)[C@H](N)[C@@H](OCCCCc2ccc3ccccc3c2)[C@@H]1OCCCCc1ccc2ccccc2c1.O=C(O)C(F)(F)F.O=C(O)C(F)(F)F.O=C(O)C(F)(F)F.O=C(O)C(F)(F)F. The van der Waals surface area contributed by atoms with Gasteiger partial charge in [-0.15, -0.1) is 0 Å². The summed E-state index contributed by atoms with van der Waals surface area (Å²) in [6.07, 6.45) is -16.9. The van der Waals surface area contributed by atoms with Crippen LogP contribution in [0.15, 0.2) is 127 Å². The molecule has 6 aromatic rings. The number of ether oxygens (including phenoxy) is 5. The van der Waals surface area contributed by atoms with Gasteiger partial charge in [-0.25, -0.2) is 19.2 Å². The predicted octanol–water partition coefficient (Wildman–Crippen LogP) is 10.0. The molecule has 1 saturated heterocycles. The summed E-state index contributed by atoms with van der Waals surface area (Å²) in [5.74, 6) is -11.0. The van der Waals surface area contributed by atoms with E-state index in [2.05, 4.69) is 127 Å². The number of halogens is 12. The van der Waals surface area contributed by atoms with Gasteiger partial charge in [-0.05, 0) is 113 Å². The third kappa shape index (κ3) is 25.7. The van der Waals surface area contributed by atoms with Crippen LogP contribution in [0, 0.1) is 0 Å². The number of fused-ring (bicyclic) bond motifs is 3. The number of alkyl halides is 12. The summed E-state index contributed by atoms with van der Waals surface area (Å²) in [6, 6.07) is 43.4. The zero-order chi connectivity index (χ0) is 68.6. The Morgan fingerprint density at radius 3 is 1.04 bits per heavy atom. The number of aliphatic hydroxyl groups excluding tert-OH is 1. The Bertz CT molecular complexity index is 3170. The topological polar surface area (TPSA) is 320 Å². The van der Waals surface area contributed by atoms with Crippen LogP contribution in [0.3, 0.4) is 0 Å². The minimum absolute atomic E-state index is 0.172. The molecule has 0 amide bonds. The fraction of sp³-hybridized carbons (Fsp3) is 0.452. The van der Waals surface area contributed by atoms with Crippen LogP contribution in [-0.4, -0.2) is 162 Å². The zero-order valence-electron chi connectivity index (χ0n) is 49.1. The molecule has 0 radical (unpaired) electrons. The molecule has 8 rings (SSSR count). The van der Waals surface area contributed by atoms with E-state index in [0.717, 1.165) is 57.8 Å². The van der Waals surface area contributed by atoms with Crippen molar-refractivity contribution < 1.29 is 121 Å². The van der Waals surface area contributed by atoms with Crippen molar-refractivity contribution in [1.29, 1.82) is 0 Å². The van der Waals surface area contributed by atoms with Crippen molar-refractivity contribution >= 4 is 56.2 Å². The lowest BCUT2D eigenvalue weighted by molar-refractivity contribution is -0.299. The van der Waals surface area contributed by atoms with Gasteiger partial charge in [0, 0.05) is 38.4 Å². The quantitative estimate of drug-likeness (QED) is 0.0239. The lowest BCUT2D eigenvalue weighted by Gasteiger charge is -2.48. The molecule has 1 aliphatic carbocycles. The molecule has 30 heteroatoms. The molecule has 1 aliphatic heterocycles. The monoisotopic (exact) mass is 1320 g/mol. The summed E-state index contributed by atoms with van der Waals surface area (Å²) in [4.78, 5) is 35.6. The van der Waals surface area contributed by atoms with E-state index in [-0.39, 0.29) is 6.54 Å². The fourth-order valence-electron chi connectivity index (χ4n) is 9.62. The number of carbonyl (C=O) groups is 4. The molecular weight excluding hydrogens is 1250 g/mol. The van der Waals surface area contributed by atoms with E-state index in [4.69, 9.17) is 86.2 Å². The Balaban J connectivity index is 0.000000535. The number of carboxylic acid groups (broad SMARTS) is 4. The Labute approximate surface area is 519 Å². The summed E-state index contributed by atoms with van der Waals surface area (Å²) in [7, 11) is 0. The first kappa shape index (κ1) is 77.2. The number of hydrogen-bond acceptors (Lipinski definition) is 14. The maximum absolute atomic E-state index is 11.7. The van der Waals surface area contributed by atoms with Crippen LogP contribution < -0.4 is 22.9 Å². The van der Waals surface area contributed by atoms with Gasteiger partial charge in [-0.2, -0.15) is 52.7 Å². The first-order valence-electron chi connectivity index (χ1n) is 28.6. The standard InChI is InChI=1S/C54H68N4O6.4C2HF3O2/c55-35-47-52(61-29-11-8-14-37-23-26-40-17-2-5-20-43(40)32-37)53(62-30-12-9-15-38-24-27-41-18-3-6-21-44(41)33-38)48(58)54(63-47)64-51-46(57)34-45(56)50(49(51)59)60-28-10-7-13-36-22-25-39-16-1-4-19-42(39)31-36;4*3-2(4,5)1(6)7/h1-6,16-27,31-33,45-54,59H,7-15,28-30,34-35,55-58H2;4*(H,6,7)/t45-,46+,47-,48-,49-,50+,51-,52-,53-,54-;;;;/m1..../s1. The van der Waals surface area contributed by atoms with Crippen LogP contribution in [0.5, 0.6) is 0 Å². The third-order valence-corrected chi connectivity index (χ3v) is 14.2. The largest absolute Gasteiger partial charge is 0.490 e. The van der Waals surface area contributed by atoms with Crippen molar-refractivity contribution in [3.05, 3.63) is 144 Å². The van der Waals surface area contributed by atoms with Gasteiger partial charge in [0.2, 0.25) is 0 Å². The van der Waals surface area contributed by atoms with E-state index < -0.39 is 110 Å². The average Bonchev–Trinajstić information content (AvgIpc) is 0.800. The van der Waals surface area contributed by atoms with E-state index in [0.29, 0.717) is 26.2 Å². The van der Waals surface area contributed by atoms with Gasteiger partial charge >= 0.3 is 48.6 Å². The Morgan fingerprint density at radius 1 is 0.435 bits per heavy atom. The number of aliphatic hydroxyl groups is 1. The van der Waals surface area contributed by atoms with Crippen molar-refractivity contribution in [3.8, 4) is 0 Å². The first-order chi connectivity index (χ1) is 43.1. The van der Waals surface area contributed by atoms with Crippen molar-refractivity contribution in [2.24, 2.45) is 22.9 Å². The normalized spacial score (nSPS) is 21.7. The lowest BCUT2D eigenvalue weighted by atomic mass is 9.84. The highest BCUT2D eigenvalue weighted by atomic mass is 19.4. The van der Waals surface area contributed by atoms with E-state index >= 15 is 0 Å². The van der Waals surface area contributed by atoms with Crippen molar-refractivity contribution in [1.82, 2.24) is 0 Å². The van der Waals surface area contributed by atoms with E-state index in [1.807, 2.05) is 0 Å². The summed E-state index contributed by atoms with van der Waals surface area (Å²) >= 11 is 0. The van der Waals surface area contributed by atoms with Crippen LogP contribution >= 0.6 is 0 Å². The zero-order valence-corrected chi connectivity index (χ0v) is 49.1. The number of aliphatic carboxylic acids is 4. The van der Waals surface area contributed by atoms with E-state index in [1.54, 1.807) is 0 Å². The summed E-state index contributed by atoms with van der Waals surface area (Å²) in [5.41, 5.74) is 30.5. The Hall–Kier alpha value is -7.26. The number of nitrogens with two attached hydrogens (primary N) is 4. The molecule has 1 heterocycles. The molecule has 1 saturated carbocycles. The van der Waals surface area contributed by atoms with Crippen molar-refractivity contribution in [3.63, 3.8) is 0 Å². The number of carboxylic acids is 4. The first-order valence-corrected chi connectivity index (χ1v) is 28.6. The lowest BCUT2D eigenvalue weighted by Crippen LogP contribution is -2.68. The summed E-state index contributed by atoms with van der Waals surface area (Å²) in [6.45, 7) is 1.61. The highest BCUT2D eigenvalue weighted by molar-refractivity contribution is 5.84. The molecule has 0 bridgehead atoms. The number of unbranched alkanes of at least 4 members (excludes halogenated alkanes) is 3. The smallest absolute Gasteiger partial charge is 0.475 e. The molecule has 13 N–H and O–H groups in total. The maximum Gasteiger partial charge on any atom is 0.490 e. The van der Waals surface area contributed by atoms with Crippen LogP contribution in [0.2, 0.25) is 0 Å². The third-order valence-electron chi connectivity index (χ3n) is 14.2. The number of rotatable bonds is 21. The maximum atomic E-state index is 11.7. The molecule has 6 aromatic carbocycles. The van der Waals surface area contributed by atoms with Crippen molar-refractivity contribution in [2.75, 3.05) is 26.4 Å². The second kappa shape index (κ2) is 36.3. The average molecular weight is 1330 g/mol. The molecule has 18 nitrogen and oxygen atoms in total. The summed E-state index contributed by atoms with van der Waals surface area (Å²) < 4.78 is 160. The number of benzene rings is 6. The molecule has 0 unspecified atom stereocenters. The second-order valence-electron chi connectivity index (χ2n) is 21.1. The van der Waals surface area contributed by atoms with Crippen LogP contribution in [-0.2, 0) is 62.1 Å². The van der Waals surface area contributed by atoms with Gasteiger partial charge in [0.15, 0.2) is 6.29 Å². The number of aryl methyl sites for hydroxylation is 3.